The van der Waals surface area contributed by atoms with Crippen molar-refractivity contribution in [2.45, 2.75) is 26.8 Å². The fraction of sp³-hybridized carbons (Fsp3) is 0.417. The maximum Gasteiger partial charge on any atom is 0.151 e. The van der Waals surface area contributed by atoms with E-state index in [1.165, 1.54) is 11.1 Å². The molecule has 1 atom stereocenters. The summed E-state index contributed by atoms with van der Waals surface area (Å²) in [6, 6.07) is 5.99. The number of benzene rings is 1. The molecule has 2 nitrogen and oxygen atoms in total. The highest BCUT2D eigenvalue weighted by Crippen LogP contribution is 2.19. The first kappa shape index (κ1) is 10.9. The van der Waals surface area contributed by atoms with Gasteiger partial charge in [-0.3, -0.25) is 4.79 Å². The van der Waals surface area contributed by atoms with Gasteiger partial charge in [0.25, 0.3) is 0 Å². The quantitative estimate of drug-likeness (QED) is 0.793. The van der Waals surface area contributed by atoms with Crippen LogP contribution in [0.3, 0.4) is 0 Å². The van der Waals surface area contributed by atoms with Gasteiger partial charge >= 0.3 is 0 Å². The number of rotatable bonds is 3. The second-order valence-corrected chi connectivity index (χ2v) is 3.69. The van der Waals surface area contributed by atoms with E-state index in [-0.39, 0.29) is 11.8 Å². The summed E-state index contributed by atoms with van der Waals surface area (Å²) in [5, 5.41) is 3.03. The summed E-state index contributed by atoms with van der Waals surface area (Å²) in [6.07, 6.45) is 0. The van der Waals surface area contributed by atoms with Crippen LogP contribution in [0.5, 0.6) is 0 Å². The van der Waals surface area contributed by atoms with Crippen LogP contribution in [-0.4, -0.2) is 12.8 Å². The van der Waals surface area contributed by atoms with Crippen molar-refractivity contribution in [2.24, 2.45) is 0 Å². The van der Waals surface area contributed by atoms with Gasteiger partial charge in [-0.2, -0.15) is 0 Å². The zero-order chi connectivity index (χ0) is 10.7. The highest BCUT2D eigenvalue weighted by molar-refractivity contribution is 5.83. The monoisotopic (exact) mass is 191 g/mol. The van der Waals surface area contributed by atoms with Crippen LogP contribution in [0, 0.1) is 13.8 Å². The molecule has 0 saturated heterocycles. The molecule has 0 saturated carbocycles. The van der Waals surface area contributed by atoms with E-state index in [1.807, 2.05) is 26.1 Å². The Morgan fingerprint density at radius 2 is 2.00 bits per heavy atom. The standard InChI is InChI=1S/C12H17NO/c1-8-5-6-11(9(2)7-8)12(13-4)10(3)14/h5-7,12-13H,1-4H3. The maximum absolute atomic E-state index is 11.4. The summed E-state index contributed by atoms with van der Waals surface area (Å²) in [4.78, 5) is 11.4. The van der Waals surface area contributed by atoms with Crippen molar-refractivity contribution in [3.63, 3.8) is 0 Å². The third kappa shape index (κ3) is 2.20. The lowest BCUT2D eigenvalue weighted by molar-refractivity contribution is -0.119. The predicted octanol–water partition coefficient (Wildman–Crippen LogP) is 2.15. The average Bonchev–Trinajstić information content (AvgIpc) is 2.09. The second kappa shape index (κ2) is 4.38. The molecule has 0 aliphatic carbocycles. The van der Waals surface area contributed by atoms with Crippen LogP contribution in [-0.2, 0) is 4.79 Å². The zero-order valence-electron chi connectivity index (χ0n) is 9.22. The molecule has 0 aromatic heterocycles. The highest BCUT2D eigenvalue weighted by Gasteiger charge is 2.15. The first-order chi connectivity index (χ1) is 6.56. The molecule has 2 heteroatoms. The normalized spacial score (nSPS) is 12.6. The zero-order valence-corrected chi connectivity index (χ0v) is 9.22. The molecule has 0 heterocycles. The Bertz CT molecular complexity index is 344. The van der Waals surface area contributed by atoms with Crippen molar-refractivity contribution in [1.82, 2.24) is 5.32 Å². The molecule has 1 aromatic rings. The Hall–Kier alpha value is -1.15. The van der Waals surface area contributed by atoms with Crippen molar-refractivity contribution < 1.29 is 4.79 Å². The Morgan fingerprint density at radius 1 is 1.36 bits per heavy atom. The Morgan fingerprint density at radius 3 is 2.43 bits per heavy atom. The molecule has 1 N–H and O–H groups in total. The van der Waals surface area contributed by atoms with Gasteiger partial charge in [0.05, 0.1) is 6.04 Å². The van der Waals surface area contributed by atoms with Crippen LogP contribution in [0.4, 0.5) is 0 Å². The summed E-state index contributed by atoms with van der Waals surface area (Å²) >= 11 is 0. The van der Waals surface area contributed by atoms with Crippen LogP contribution in [0.1, 0.15) is 29.7 Å². The summed E-state index contributed by atoms with van der Waals surface area (Å²) in [5.74, 6) is 0.152. The summed E-state index contributed by atoms with van der Waals surface area (Å²) in [6.45, 7) is 5.70. The van der Waals surface area contributed by atoms with Gasteiger partial charge in [-0.05, 0) is 38.9 Å². The first-order valence-electron chi connectivity index (χ1n) is 4.81. The van der Waals surface area contributed by atoms with Gasteiger partial charge in [0.2, 0.25) is 0 Å². The molecule has 76 valence electrons. The SMILES string of the molecule is CNC(C(C)=O)c1ccc(C)cc1C. The van der Waals surface area contributed by atoms with Gasteiger partial charge < -0.3 is 5.32 Å². The Kier molecular flexibility index (Phi) is 3.42. The summed E-state index contributed by atoms with van der Waals surface area (Å²) in [7, 11) is 1.81. The molecule has 0 amide bonds. The predicted molar refractivity (Wildman–Crippen MR) is 58.4 cm³/mol. The third-order valence-electron chi connectivity index (χ3n) is 2.43. The second-order valence-electron chi connectivity index (χ2n) is 3.69. The highest BCUT2D eigenvalue weighted by atomic mass is 16.1. The van der Waals surface area contributed by atoms with Crippen molar-refractivity contribution in [1.29, 1.82) is 0 Å². The van der Waals surface area contributed by atoms with Gasteiger partial charge in [0.15, 0.2) is 5.78 Å². The molecular formula is C12H17NO. The van der Waals surface area contributed by atoms with Crippen molar-refractivity contribution in [2.75, 3.05) is 7.05 Å². The van der Waals surface area contributed by atoms with Crippen LogP contribution in [0.15, 0.2) is 18.2 Å². The number of ketones is 1. The molecule has 1 rings (SSSR count). The third-order valence-corrected chi connectivity index (χ3v) is 2.43. The largest absolute Gasteiger partial charge is 0.307 e. The fourth-order valence-corrected chi connectivity index (χ4v) is 1.73. The van der Waals surface area contributed by atoms with E-state index in [1.54, 1.807) is 6.92 Å². The number of hydrogen-bond acceptors (Lipinski definition) is 2. The van der Waals surface area contributed by atoms with Gasteiger partial charge in [-0.25, -0.2) is 0 Å². The molecule has 1 aromatic carbocycles. The molecule has 0 aliphatic heterocycles. The number of aryl methyl sites for hydroxylation is 2. The van der Waals surface area contributed by atoms with Gasteiger partial charge in [-0.15, -0.1) is 0 Å². The lowest BCUT2D eigenvalue weighted by Crippen LogP contribution is -2.24. The number of Topliss-reactive ketones (excluding diaryl/α,β-unsaturated/α-hetero) is 1. The minimum Gasteiger partial charge on any atom is -0.307 e. The molecule has 0 fully saturated rings. The van der Waals surface area contributed by atoms with E-state index in [9.17, 15) is 4.79 Å². The summed E-state index contributed by atoms with van der Waals surface area (Å²) < 4.78 is 0. The van der Waals surface area contributed by atoms with E-state index < -0.39 is 0 Å². The van der Waals surface area contributed by atoms with Crippen molar-refractivity contribution in [3.8, 4) is 0 Å². The number of likely N-dealkylation sites (N-methyl/N-ethyl adjacent to an activating group) is 1. The van der Waals surface area contributed by atoms with Crippen LogP contribution in [0.25, 0.3) is 0 Å². The molecule has 1 unspecified atom stereocenters. The van der Waals surface area contributed by atoms with Crippen LogP contribution < -0.4 is 5.32 Å². The van der Waals surface area contributed by atoms with Gasteiger partial charge in [-0.1, -0.05) is 23.8 Å². The van der Waals surface area contributed by atoms with Gasteiger partial charge in [0, 0.05) is 0 Å². The van der Waals surface area contributed by atoms with E-state index in [4.69, 9.17) is 0 Å². The number of carbonyl (C=O) groups excluding carboxylic acids is 1. The van der Waals surface area contributed by atoms with Crippen molar-refractivity contribution in [3.05, 3.63) is 34.9 Å². The minimum atomic E-state index is -0.171. The molecule has 0 aliphatic rings. The average molecular weight is 191 g/mol. The summed E-state index contributed by atoms with van der Waals surface area (Å²) in [5.41, 5.74) is 3.47. The lowest BCUT2D eigenvalue weighted by Gasteiger charge is -2.16. The Balaban J connectivity index is 3.10. The molecule has 14 heavy (non-hydrogen) atoms. The van der Waals surface area contributed by atoms with Gasteiger partial charge in [0.1, 0.15) is 0 Å². The minimum absolute atomic E-state index is 0.152. The molecule has 0 radical (unpaired) electrons. The van der Waals surface area contributed by atoms with E-state index in [0.29, 0.717) is 0 Å². The van der Waals surface area contributed by atoms with Crippen LogP contribution in [0.2, 0.25) is 0 Å². The number of carbonyl (C=O) groups is 1. The molecular weight excluding hydrogens is 174 g/mol. The van der Waals surface area contributed by atoms with E-state index in [0.717, 1.165) is 5.56 Å². The number of nitrogens with one attached hydrogen (secondary N) is 1. The van der Waals surface area contributed by atoms with Crippen LogP contribution >= 0.6 is 0 Å². The lowest BCUT2D eigenvalue weighted by atomic mass is 9.97. The topological polar surface area (TPSA) is 29.1 Å². The van der Waals surface area contributed by atoms with Crippen molar-refractivity contribution >= 4 is 5.78 Å². The Labute approximate surface area is 85.3 Å². The van der Waals surface area contributed by atoms with E-state index >= 15 is 0 Å². The van der Waals surface area contributed by atoms with E-state index in [2.05, 4.69) is 18.3 Å². The number of hydrogen-bond donors (Lipinski definition) is 1. The maximum atomic E-state index is 11.4. The fourth-order valence-electron chi connectivity index (χ4n) is 1.73. The smallest absolute Gasteiger partial charge is 0.151 e. The first-order valence-corrected chi connectivity index (χ1v) is 4.81. The molecule has 0 bridgehead atoms. The molecule has 0 spiro atoms.